The zero-order valence-electron chi connectivity index (χ0n) is 45.9. The van der Waals surface area contributed by atoms with Crippen molar-refractivity contribution in [1.29, 1.82) is 0 Å². The van der Waals surface area contributed by atoms with Crippen molar-refractivity contribution in [2.24, 2.45) is 0 Å². The topological polar surface area (TPSA) is 155 Å². The van der Waals surface area contributed by atoms with E-state index < -0.39 is 57.8 Å². The van der Waals surface area contributed by atoms with Gasteiger partial charge < -0.3 is 24.2 Å². The molecule has 0 aliphatic carbocycles. The van der Waals surface area contributed by atoms with Crippen molar-refractivity contribution in [1.82, 2.24) is 0 Å². The first-order valence-electron chi connectivity index (χ1n) is 28.8. The van der Waals surface area contributed by atoms with E-state index in [1.807, 2.05) is 0 Å². The average molecular weight is 1030 g/mol. The molecular weight excluding hydrogens is 928 g/mol. The second-order valence-electron chi connectivity index (χ2n) is 19.1. The van der Waals surface area contributed by atoms with Crippen LogP contribution in [0.4, 0.5) is 0 Å². The summed E-state index contributed by atoms with van der Waals surface area (Å²) in [6.45, 7) is 4.47. The molecule has 3 unspecified atom stereocenters. The second-order valence-corrected chi connectivity index (χ2v) is 20.5. The van der Waals surface area contributed by atoms with E-state index in [2.05, 4.69) is 93.7 Å². The van der Waals surface area contributed by atoms with Gasteiger partial charge in [0.2, 0.25) is 0 Å². The number of ether oxygens (including phenoxy) is 3. The SMILES string of the molecule is CC/C=C\C/C=C\C/C=C\C/C=C\C/C=C\CCCCCC(=O)OC(COC(=O)CCCCCCCCCCC)COP(=O)(O)OCC(CO)OC(=O)CCCCCCCCC/C=C\CCCCCCCC. The number of allylic oxidation sites excluding steroid dienone is 12. The van der Waals surface area contributed by atoms with Gasteiger partial charge in [-0.1, -0.05) is 216 Å². The lowest BCUT2D eigenvalue weighted by Crippen LogP contribution is -2.30. The van der Waals surface area contributed by atoms with E-state index in [1.165, 1.54) is 96.3 Å². The molecule has 0 aliphatic rings. The third-order valence-electron chi connectivity index (χ3n) is 12.1. The lowest BCUT2D eigenvalue weighted by molar-refractivity contribution is -0.161. The van der Waals surface area contributed by atoms with Gasteiger partial charge in [-0.2, -0.15) is 0 Å². The standard InChI is InChI=1S/C60H105O11P/c1-4-7-10-13-16-19-21-23-25-27-28-30-32-34-36-39-42-45-48-51-60(64)71-57(53-67-58(62)49-46-43-40-37-18-15-12-9-6-3)55-69-72(65,66)68-54-56(52-61)70-59(63)50-47-44-41-38-35-33-31-29-26-24-22-20-17-14-11-8-5-2/h7,10,16,19,23-26,28,30,34,36,56-57,61H,4-6,8-9,11-15,17-18,20-22,27,29,31-33,35,37-55H2,1-3H3,(H,65,66)/b10-7-,19-16-,25-23-,26-24-,30-28-,36-34-. The summed E-state index contributed by atoms with van der Waals surface area (Å²) < 4.78 is 39.4. The molecule has 0 aromatic rings. The predicted molar refractivity (Wildman–Crippen MR) is 298 cm³/mol. The zero-order valence-corrected chi connectivity index (χ0v) is 46.8. The Kier molecular flexibility index (Phi) is 51.9. The molecule has 0 aromatic heterocycles. The number of carbonyl (C=O) groups is 3. The van der Waals surface area contributed by atoms with E-state index in [0.29, 0.717) is 19.3 Å². The molecule has 0 amide bonds. The highest BCUT2D eigenvalue weighted by Gasteiger charge is 2.28. The Labute approximate surface area is 439 Å². The van der Waals surface area contributed by atoms with E-state index in [1.54, 1.807) is 0 Å². The molecule has 0 spiro atoms. The molecule has 12 heteroatoms. The monoisotopic (exact) mass is 1030 g/mol. The summed E-state index contributed by atoms with van der Waals surface area (Å²) in [6.07, 6.45) is 60.1. The molecule has 0 heterocycles. The van der Waals surface area contributed by atoms with Gasteiger partial charge in [0, 0.05) is 19.3 Å². The Hall–Kier alpha value is -3.08. The van der Waals surface area contributed by atoms with Crippen LogP contribution in [0.2, 0.25) is 0 Å². The molecule has 416 valence electrons. The number of aliphatic hydroxyl groups excluding tert-OH is 1. The third kappa shape index (κ3) is 51.8. The fourth-order valence-electron chi connectivity index (χ4n) is 7.73. The quantitative estimate of drug-likeness (QED) is 0.0197. The van der Waals surface area contributed by atoms with Gasteiger partial charge in [0.15, 0.2) is 6.10 Å². The summed E-state index contributed by atoms with van der Waals surface area (Å²) in [5.41, 5.74) is 0. The molecule has 2 N–H and O–H groups in total. The Morgan fingerprint density at radius 3 is 1.14 bits per heavy atom. The molecular formula is C60H105O11P. The Balaban J connectivity index is 4.68. The minimum absolute atomic E-state index is 0.128. The Morgan fingerprint density at radius 1 is 0.403 bits per heavy atom. The van der Waals surface area contributed by atoms with Crippen molar-refractivity contribution in [3.63, 3.8) is 0 Å². The van der Waals surface area contributed by atoms with Crippen LogP contribution in [-0.2, 0) is 42.2 Å². The van der Waals surface area contributed by atoms with Crippen molar-refractivity contribution >= 4 is 25.7 Å². The summed E-state index contributed by atoms with van der Waals surface area (Å²) in [5, 5.41) is 9.81. The van der Waals surface area contributed by atoms with Crippen LogP contribution in [0.15, 0.2) is 72.9 Å². The number of unbranched alkanes of at least 4 members (excludes halogenated alkanes) is 24. The number of esters is 3. The first-order valence-corrected chi connectivity index (χ1v) is 30.3. The molecule has 0 saturated carbocycles. The van der Waals surface area contributed by atoms with Gasteiger partial charge in [0.25, 0.3) is 0 Å². The van der Waals surface area contributed by atoms with Crippen molar-refractivity contribution in [3.8, 4) is 0 Å². The second kappa shape index (κ2) is 54.2. The normalized spacial score (nSPS) is 13.9. The highest BCUT2D eigenvalue weighted by Crippen LogP contribution is 2.43. The molecule has 0 rings (SSSR count). The summed E-state index contributed by atoms with van der Waals surface area (Å²) >= 11 is 0. The van der Waals surface area contributed by atoms with Crippen LogP contribution in [0.3, 0.4) is 0 Å². The molecule has 11 nitrogen and oxygen atoms in total. The predicted octanol–water partition coefficient (Wildman–Crippen LogP) is 16.9. The summed E-state index contributed by atoms with van der Waals surface area (Å²) in [5.74, 6) is -1.51. The molecule has 0 radical (unpaired) electrons. The first-order chi connectivity index (χ1) is 35.2. The minimum atomic E-state index is -4.75. The van der Waals surface area contributed by atoms with E-state index in [0.717, 1.165) is 96.3 Å². The van der Waals surface area contributed by atoms with Crippen molar-refractivity contribution in [3.05, 3.63) is 72.9 Å². The van der Waals surface area contributed by atoms with Crippen molar-refractivity contribution < 1.29 is 52.2 Å². The maximum atomic E-state index is 12.9. The van der Waals surface area contributed by atoms with Gasteiger partial charge in [-0.15, -0.1) is 0 Å². The number of hydrogen-bond acceptors (Lipinski definition) is 10. The molecule has 3 atom stereocenters. The van der Waals surface area contributed by atoms with E-state index in [9.17, 15) is 28.9 Å². The van der Waals surface area contributed by atoms with Crippen LogP contribution >= 0.6 is 7.82 Å². The summed E-state index contributed by atoms with van der Waals surface area (Å²) in [7, 11) is -4.75. The molecule has 72 heavy (non-hydrogen) atoms. The van der Waals surface area contributed by atoms with Crippen LogP contribution < -0.4 is 0 Å². The number of rotatable bonds is 53. The van der Waals surface area contributed by atoms with Gasteiger partial charge in [-0.25, -0.2) is 4.57 Å². The van der Waals surface area contributed by atoms with E-state index in [4.69, 9.17) is 23.3 Å². The fraction of sp³-hybridized carbons (Fsp3) is 0.750. The maximum absolute atomic E-state index is 12.9. The Bertz CT molecular complexity index is 1490. The van der Waals surface area contributed by atoms with Crippen LogP contribution in [-0.4, -0.2) is 66.5 Å². The molecule has 0 bridgehead atoms. The molecule has 0 aliphatic heterocycles. The van der Waals surface area contributed by atoms with Gasteiger partial charge in [-0.3, -0.25) is 23.4 Å². The molecule has 0 saturated heterocycles. The highest BCUT2D eigenvalue weighted by molar-refractivity contribution is 7.47. The minimum Gasteiger partial charge on any atom is -0.462 e. The Morgan fingerprint density at radius 2 is 0.722 bits per heavy atom. The zero-order chi connectivity index (χ0) is 52.7. The van der Waals surface area contributed by atoms with Crippen molar-refractivity contribution in [2.75, 3.05) is 26.4 Å². The van der Waals surface area contributed by atoms with Crippen LogP contribution in [0, 0.1) is 0 Å². The number of hydrogen-bond donors (Lipinski definition) is 2. The third-order valence-corrected chi connectivity index (χ3v) is 13.1. The summed E-state index contributed by atoms with van der Waals surface area (Å²) in [6, 6.07) is 0. The number of phosphoric acid groups is 1. The van der Waals surface area contributed by atoms with Gasteiger partial charge in [0.1, 0.15) is 12.7 Å². The van der Waals surface area contributed by atoms with E-state index >= 15 is 0 Å². The largest absolute Gasteiger partial charge is 0.472 e. The summed E-state index contributed by atoms with van der Waals surface area (Å²) in [4.78, 5) is 48.4. The average Bonchev–Trinajstić information content (AvgIpc) is 3.37. The van der Waals surface area contributed by atoms with Gasteiger partial charge in [-0.05, 0) is 89.9 Å². The van der Waals surface area contributed by atoms with Gasteiger partial charge in [0.05, 0.1) is 19.8 Å². The lowest BCUT2D eigenvalue weighted by atomic mass is 10.1. The van der Waals surface area contributed by atoms with Crippen LogP contribution in [0.25, 0.3) is 0 Å². The lowest BCUT2D eigenvalue weighted by Gasteiger charge is -2.21. The van der Waals surface area contributed by atoms with Crippen LogP contribution in [0.5, 0.6) is 0 Å². The number of carbonyl (C=O) groups excluding carboxylic acids is 3. The van der Waals surface area contributed by atoms with E-state index in [-0.39, 0.29) is 25.9 Å². The number of aliphatic hydroxyl groups is 1. The first kappa shape index (κ1) is 68.9. The smallest absolute Gasteiger partial charge is 0.462 e. The number of phosphoric ester groups is 1. The van der Waals surface area contributed by atoms with Crippen LogP contribution in [0.1, 0.15) is 252 Å². The maximum Gasteiger partial charge on any atom is 0.472 e. The fourth-order valence-corrected chi connectivity index (χ4v) is 8.51. The van der Waals surface area contributed by atoms with Gasteiger partial charge >= 0.3 is 25.7 Å². The highest BCUT2D eigenvalue weighted by atomic mass is 31.2. The van der Waals surface area contributed by atoms with Crippen molar-refractivity contribution in [2.45, 2.75) is 264 Å². The molecule has 0 fully saturated rings. The molecule has 0 aromatic carbocycles.